The number of benzene rings is 2. The third-order valence-electron chi connectivity index (χ3n) is 5.09. The zero-order valence-electron chi connectivity index (χ0n) is 18.6. The van der Waals surface area contributed by atoms with E-state index < -0.39 is 94.9 Å². The summed E-state index contributed by atoms with van der Waals surface area (Å²) in [6, 6.07) is 2.72. The smallest absolute Gasteiger partial charge is 0.350 e. The molecule has 0 heterocycles. The summed E-state index contributed by atoms with van der Waals surface area (Å²) < 4.78 is 8.97. The first-order valence-corrected chi connectivity index (χ1v) is 9.74. The zero-order valence-corrected chi connectivity index (χ0v) is 18.6. The van der Waals surface area contributed by atoms with Gasteiger partial charge in [0.2, 0.25) is 6.10 Å². The predicted molar refractivity (Wildman–Crippen MR) is 118 cm³/mol. The summed E-state index contributed by atoms with van der Waals surface area (Å²) in [5.41, 5.74) is -5.80. The average Bonchev–Trinajstić information content (AvgIpc) is 3.17. The molecule has 0 N–H and O–H groups in total. The van der Waals surface area contributed by atoms with Crippen LogP contribution in [0.1, 0.15) is 17.5 Å². The first-order valence-electron chi connectivity index (χ1n) is 9.74. The van der Waals surface area contributed by atoms with E-state index in [4.69, 9.17) is 4.84 Å². The van der Waals surface area contributed by atoms with Gasteiger partial charge in [-0.15, -0.1) is 0 Å². The van der Waals surface area contributed by atoms with Crippen LogP contribution >= 0.6 is 0 Å². The second-order valence-corrected chi connectivity index (χ2v) is 7.14. The fraction of sp³-hybridized carbons (Fsp3) is 0.211. The van der Waals surface area contributed by atoms with Gasteiger partial charge >= 0.3 is 11.9 Å². The highest BCUT2D eigenvalue weighted by atomic mass is 16.7. The first-order chi connectivity index (χ1) is 17.4. The van der Waals surface area contributed by atoms with Crippen LogP contribution in [-0.4, -0.2) is 57.7 Å². The Labute approximate surface area is 203 Å². The number of esters is 2. The molecule has 3 rings (SSSR count). The highest BCUT2D eigenvalue weighted by Crippen LogP contribution is 2.50. The van der Waals surface area contributed by atoms with Crippen LogP contribution in [0.2, 0.25) is 0 Å². The molecule has 1 atom stereocenters. The fourth-order valence-electron chi connectivity index (χ4n) is 3.51. The number of ether oxygens (including phenoxy) is 2. The lowest BCUT2D eigenvalue weighted by molar-refractivity contribution is -0.395. The summed E-state index contributed by atoms with van der Waals surface area (Å²) in [4.78, 5) is 71.2. The minimum absolute atomic E-state index is 0.416. The Kier molecular flexibility index (Phi) is 7.03. The van der Waals surface area contributed by atoms with E-state index in [0.717, 1.165) is 26.4 Å². The molecule has 0 saturated heterocycles. The summed E-state index contributed by atoms with van der Waals surface area (Å²) in [5.74, 6) is -2.04. The van der Waals surface area contributed by atoms with Gasteiger partial charge in [0, 0.05) is 23.3 Å². The lowest BCUT2D eigenvalue weighted by Gasteiger charge is -2.12. The van der Waals surface area contributed by atoms with Gasteiger partial charge in [0.05, 0.1) is 63.6 Å². The van der Waals surface area contributed by atoms with E-state index in [2.05, 4.69) is 14.6 Å². The SMILES string of the molecule is COC(=O)CC(ON=C1c2cc([N+](=O)[O-])cc([N+](=O)[O-])c2-c2c1cc([N+](=O)[O-])cc2[N+](=O)[O-])C(=O)OC. The number of oxime groups is 1. The number of carbonyl (C=O) groups is 2. The average molecular weight is 519 g/mol. The number of nitrogens with zero attached hydrogens (tertiary/aromatic N) is 5. The summed E-state index contributed by atoms with van der Waals surface area (Å²) in [7, 11) is 1.98. The molecule has 37 heavy (non-hydrogen) atoms. The molecule has 0 spiro atoms. The molecule has 1 aliphatic carbocycles. The van der Waals surface area contributed by atoms with Crippen molar-refractivity contribution >= 4 is 40.4 Å². The normalized spacial score (nSPS) is 12.0. The number of hydrogen-bond acceptors (Lipinski definition) is 14. The lowest BCUT2D eigenvalue weighted by atomic mass is 10.0. The van der Waals surface area contributed by atoms with E-state index >= 15 is 0 Å². The van der Waals surface area contributed by atoms with Crippen molar-refractivity contribution in [3.63, 3.8) is 0 Å². The minimum Gasteiger partial charge on any atom is -0.469 e. The fourth-order valence-corrected chi connectivity index (χ4v) is 3.51. The molecule has 0 saturated carbocycles. The van der Waals surface area contributed by atoms with E-state index in [9.17, 15) is 50.0 Å². The third-order valence-corrected chi connectivity index (χ3v) is 5.09. The van der Waals surface area contributed by atoms with Crippen molar-refractivity contribution in [3.05, 3.63) is 75.8 Å². The van der Waals surface area contributed by atoms with Crippen LogP contribution in [0, 0.1) is 40.5 Å². The minimum atomic E-state index is -1.74. The van der Waals surface area contributed by atoms with Crippen molar-refractivity contribution in [1.29, 1.82) is 0 Å². The standard InChI is InChI=1S/C19H13N5O13/c1-35-15(25)7-14(19(26)36-2)37-20-18-10-3-8(21(27)28)5-12(23(31)32)16(10)17-11(18)4-9(22(29)30)6-13(17)24(33)34/h3-6,14H,7H2,1-2H3. The highest BCUT2D eigenvalue weighted by molar-refractivity contribution is 6.27. The van der Waals surface area contributed by atoms with Gasteiger partial charge in [-0.1, -0.05) is 5.16 Å². The van der Waals surface area contributed by atoms with Crippen molar-refractivity contribution in [3.8, 4) is 11.1 Å². The lowest BCUT2D eigenvalue weighted by Crippen LogP contribution is -2.28. The number of rotatable bonds is 9. The summed E-state index contributed by atoms with van der Waals surface area (Å²) in [6.45, 7) is 0. The van der Waals surface area contributed by atoms with E-state index in [-0.39, 0.29) is 0 Å². The monoisotopic (exact) mass is 519 g/mol. The molecule has 0 fully saturated rings. The number of carbonyl (C=O) groups excluding carboxylic acids is 2. The van der Waals surface area contributed by atoms with E-state index in [0.29, 0.717) is 12.1 Å². The molecule has 0 aliphatic heterocycles. The van der Waals surface area contributed by atoms with E-state index in [1.807, 2.05) is 0 Å². The Morgan fingerprint density at radius 2 is 1.24 bits per heavy atom. The molecule has 1 unspecified atom stereocenters. The largest absolute Gasteiger partial charge is 0.469 e. The Morgan fingerprint density at radius 1 is 0.784 bits per heavy atom. The highest BCUT2D eigenvalue weighted by Gasteiger charge is 2.42. The number of nitro benzene ring substituents is 4. The zero-order chi connectivity index (χ0) is 27.6. The third kappa shape index (κ3) is 4.83. The van der Waals surface area contributed by atoms with Crippen molar-refractivity contribution in [2.75, 3.05) is 14.2 Å². The Morgan fingerprint density at radius 3 is 1.59 bits per heavy atom. The van der Waals surface area contributed by atoms with Crippen LogP contribution in [0.25, 0.3) is 11.1 Å². The van der Waals surface area contributed by atoms with Gasteiger partial charge in [0.15, 0.2) is 0 Å². The summed E-state index contributed by atoms with van der Waals surface area (Å²) in [5, 5.41) is 50.1. The van der Waals surface area contributed by atoms with E-state index in [1.54, 1.807) is 0 Å². The molecule has 0 aromatic heterocycles. The maximum atomic E-state index is 12.1. The summed E-state index contributed by atoms with van der Waals surface area (Å²) in [6.07, 6.45) is -2.45. The number of non-ortho nitro benzene ring substituents is 2. The molecule has 18 nitrogen and oxygen atoms in total. The van der Waals surface area contributed by atoms with Crippen LogP contribution in [0.4, 0.5) is 22.7 Å². The van der Waals surface area contributed by atoms with Crippen molar-refractivity contribution in [1.82, 2.24) is 0 Å². The van der Waals surface area contributed by atoms with Gasteiger partial charge in [-0.3, -0.25) is 45.3 Å². The molecule has 2 aromatic carbocycles. The number of methoxy groups -OCH3 is 2. The van der Waals surface area contributed by atoms with Crippen LogP contribution in [0.5, 0.6) is 0 Å². The second kappa shape index (κ2) is 9.98. The van der Waals surface area contributed by atoms with Crippen LogP contribution in [0.15, 0.2) is 29.4 Å². The number of hydrogen-bond donors (Lipinski definition) is 0. The number of fused-ring (bicyclic) bond motifs is 3. The maximum Gasteiger partial charge on any atom is 0.350 e. The Bertz CT molecular complexity index is 1330. The molecule has 1 aliphatic rings. The molecule has 0 bridgehead atoms. The number of nitro groups is 4. The van der Waals surface area contributed by atoms with Crippen LogP contribution in [-0.2, 0) is 23.9 Å². The first kappa shape index (κ1) is 26.1. The van der Waals surface area contributed by atoms with E-state index in [1.165, 1.54) is 0 Å². The van der Waals surface area contributed by atoms with Gasteiger partial charge in [0.25, 0.3) is 22.7 Å². The second-order valence-electron chi connectivity index (χ2n) is 7.14. The molecule has 18 heteroatoms. The van der Waals surface area contributed by atoms with Crippen molar-refractivity contribution in [2.45, 2.75) is 12.5 Å². The van der Waals surface area contributed by atoms with Gasteiger partial charge in [-0.25, -0.2) is 4.79 Å². The maximum absolute atomic E-state index is 12.1. The Balaban J connectivity index is 2.39. The van der Waals surface area contributed by atoms with Crippen molar-refractivity contribution in [2.24, 2.45) is 5.16 Å². The molecule has 0 amide bonds. The van der Waals surface area contributed by atoms with Crippen LogP contribution < -0.4 is 0 Å². The van der Waals surface area contributed by atoms with Crippen LogP contribution in [0.3, 0.4) is 0 Å². The molecule has 192 valence electrons. The van der Waals surface area contributed by atoms with Gasteiger partial charge in [-0.2, -0.15) is 0 Å². The van der Waals surface area contributed by atoms with Gasteiger partial charge < -0.3 is 14.3 Å². The quantitative estimate of drug-likeness (QED) is 0.223. The van der Waals surface area contributed by atoms with Gasteiger partial charge in [-0.05, 0) is 0 Å². The molecular weight excluding hydrogens is 506 g/mol. The molecule has 2 aromatic rings. The van der Waals surface area contributed by atoms with Crippen molar-refractivity contribution < 1.29 is 43.6 Å². The Hall–Kier alpha value is -5.55. The predicted octanol–water partition coefficient (Wildman–Crippen LogP) is 2.17. The molecular formula is C19H13N5O13. The topological polar surface area (TPSA) is 247 Å². The van der Waals surface area contributed by atoms with Gasteiger partial charge in [0.1, 0.15) is 5.71 Å². The summed E-state index contributed by atoms with van der Waals surface area (Å²) >= 11 is 0. The molecule has 0 radical (unpaired) electrons.